The molecule has 0 saturated carbocycles. The predicted octanol–water partition coefficient (Wildman–Crippen LogP) is 2.57. The summed E-state index contributed by atoms with van der Waals surface area (Å²) in [5, 5.41) is 3.19. The first-order valence-electron chi connectivity index (χ1n) is 7.36. The molecule has 2 aromatic rings. The van der Waals surface area contributed by atoms with Gasteiger partial charge in [-0.1, -0.05) is 6.07 Å². The number of aromatic nitrogens is 1. The number of halogens is 2. The number of pyridine rings is 1. The standard InChI is InChI=1S/C17H19F2N3O/c1-11(22-10-13-4-5-15(18)7-16(13)19)2-3-12-6-14(17(20)23)9-21-8-12/h4-9,11,22H,2-3,10H2,1H3,(H2,20,23). The van der Waals surface area contributed by atoms with Crippen molar-refractivity contribution in [3.63, 3.8) is 0 Å². The van der Waals surface area contributed by atoms with E-state index in [1.807, 2.05) is 6.92 Å². The largest absolute Gasteiger partial charge is 0.366 e. The smallest absolute Gasteiger partial charge is 0.250 e. The first-order valence-corrected chi connectivity index (χ1v) is 7.36. The van der Waals surface area contributed by atoms with Crippen LogP contribution in [-0.4, -0.2) is 16.9 Å². The summed E-state index contributed by atoms with van der Waals surface area (Å²) >= 11 is 0. The summed E-state index contributed by atoms with van der Waals surface area (Å²) in [7, 11) is 0. The van der Waals surface area contributed by atoms with Gasteiger partial charge in [0.1, 0.15) is 11.6 Å². The lowest BCUT2D eigenvalue weighted by Crippen LogP contribution is -2.26. The van der Waals surface area contributed by atoms with Gasteiger partial charge in [0, 0.05) is 36.6 Å². The van der Waals surface area contributed by atoms with Crippen LogP contribution in [0.4, 0.5) is 8.78 Å². The van der Waals surface area contributed by atoms with Gasteiger partial charge in [-0.05, 0) is 37.5 Å². The normalized spacial score (nSPS) is 12.1. The highest BCUT2D eigenvalue weighted by atomic mass is 19.1. The second-order valence-electron chi connectivity index (χ2n) is 5.50. The van der Waals surface area contributed by atoms with Crippen LogP contribution < -0.4 is 11.1 Å². The molecule has 0 aliphatic heterocycles. The second-order valence-corrected chi connectivity index (χ2v) is 5.50. The van der Waals surface area contributed by atoms with Crippen LogP contribution in [0.25, 0.3) is 0 Å². The molecule has 0 saturated heterocycles. The maximum absolute atomic E-state index is 13.5. The summed E-state index contributed by atoms with van der Waals surface area (Å²) in [6, 6.07) is 5.40. The minimum atomic E-state index is -0.582. The maximum atomic E-state index is 13.5. The molecule has 6 heteroatoms. The van der Waals surface area contributed by atoms with Gasteiger partial charge in [0.05, 0.1) is 5.56 Å². The molecule has 0 radical (unpaired) electrons. The number of carbonyl (C=O) groups excluding carboxylic acids is 1. The van der Waals surface area contributed by atoms with Crippen LogP contribution in [0.1, 0.15) is 34.8 Å². The summed E-state index contributed by atoms with van der Waals surface area (Å²) < 4.78 is 26.4. The van der Waals surface area contributed by atoms with Crippen molar-refractivity contribution in [1.82, 2.24) is 10.3 Å². The molecule has 4 nitrogen and oxygen atoms in total. The van der Waals surface area contributed by atoms with Crippen molar-refractivity contribution in [2.24, 2.45) is 5.73 Å². The highest BCUT2D eigenvalue weighted by molar-refractivity contribution is 5.92. The first-order chi connectivity index (χ1) is 11.0. The van der Waals surface area contributed by atoms with Crippen LogP contribution in [0.15, 0.2) is 36.7 Å². The minimum absolute atomic E-state index is 0.122. The van der Waals surface area contributed by atoms with E-state index in [-0.39, 0.29) is 6.04 Å². The SMILES string of the molecule is CC(CCc1cncc(C(N)=O)c1)NCc1ccc(F)cc1F. The number of rotatable bonds is 7. The topological polar surface area (TPSA) is 68.0 Å². The van der Waals surface area contributed by atoms with Gasteiger partial charge in [-0.15, -0.1) is 0 Å². The fourth-order valence-electron chi connectivity index (χ4n) is 2.19. The lowest BCUT2D eigenvalue weighted by Gasteiger charge is -2.14. The van der Waals surface area contributed by atoms with Crippen molar-refractivity contribution < 1.29 is 13.6 Å². The number of hydrogen-bond acceptors (Lipinski definition) is 3. The Hall–Kier alpha value is -2.34. The molecule has 122 valence electrons. The van der Waals surface area contributed by atoms with Crippen LogP contribution in [0, 0.1) is 11.6 Å². The van der Waals surface area contributed by atoms with Crippen LogP contribution >= 0.6 is 0 Å². The maximum Gasteiger partial charge on any atom is 0.250 e. The third kappa shape index (κ3) is 5.10. The van der Waals surface area contributed by atoms with Crippen molar-refractivity contribution in [3.8, 4) is 0 Å². The molecule has 1 aromatic carbocycles. The minimum Gasteiger partial charge on any atom is -0.366 e. The highest BCUT2D eigenvalue weighted by Gasteiger charge is 2.08. The second kappa shape index (κ2) is 7.78. The van der Waals surface area contributed by atoms with Gasteiger partial charge < -0.3 is 11.1 Å². The molecule has 0 aliphatic carbocycles. The van der Waals surface area contributed by atoms with Gasteiger partial charge in [0.25, 0.3) is 0 Å². The zero-order chi connectivity index (χ0) is 16.8. The zero-order valence-corrected chi connectivity index (χ0v) is 12.9. The molecule has 1 atom stereocenters. The van der Waals surface area contributed by atoms with Gasteiger partial charge in [-0.2, -0.15) is 0 Å². The van der Waals surface area contributed by atoms with Crippen LogP contribution in [-0.2, 0) is 13.0 Å². The first kappa shape index (κ1) is 17.0. The number of nitrogens with one attached hydrogen (secondary N) is 1. The molecule has 0 aliphatic rings. The third-order valence-corrected chi connectivity index (χ3v) is 3.60. The van der Waals surface area contributed by atoms with Crippen molar-refractivity contribution >= 4 is 5.91 Å². The number of nitrogens with zero attached hydrogens (tertiary/aromatic N) is 1. The average molecular weight is 319 g/mol. The number of carbonyl (C=O) groups is 1. The molecular formula is C17H19F2N3O. The molecule has 23 heavy (non-hydrogen) atoms. The van der Waals surface area contributed by atoms with Gasteiger partial charge in [0.15, 0.2) is 0 Å². The molecular weight excluding hydrogens is 300 g/mol. The Bertz CT molecular complexity index is 691. The third-order valence-electron chi connectivity index (χ3n) is 3.60. The Morgan fingerprint density at radius 3 is 2.78 bits per heavy atom. The van der Waals surface area contributed by atoms with Crippen molar-refractivity contribution in [2.75, 3.05) is 0 Å². The molecule has 1 aromatic heterocycles. The van der Waals surface area contributed by atoms with Crippen LogP contribution in [0.3, 0.4) is 0 Å². The van der Waals surface area contributed by atoms with Crippen molar-refractivity contribution in [1.29, 1.82) is 0 Å². The summed E-state index contributed by atoms with van der Waals surface area (Å²) in [5.74, 6) is -1.64. The van der Waals surface area contributed by atoms with E-state index in [4.69, 9.17) is 5.73 Å². The van der Waals surface area contributed by atoms with Gasteiger partial charge >= 0.3 is 0 Å². The number of nitrogens with two attached hydrogens (primary N) is 1. The fourth-order valence-corrected chi connectivity index (χ4v) is 2.19. The summed E-state index contributed by atoms with van der Waals surface area (Å²) in [5.41, 5.74) is 6.95. The Morgan fingerprint density at radius 1 is 1.30 bits per heavy atom. The monoisotopic (exact) mass is 319 g/mol. The van der Waals surface area contributed by atoms with Crippen molar-refractivity contribution in [3.05, 3.63) is 65.0 Å². The lowest BCUT2D eigenvalue weighted by atomic mass is 10.1. The van der Waals surface area contributed by atoms with E-state index in [9.17, 15) is 13.6 Å². The molecule has 0 fully saturated rings. The summed E-state index contributed by atoms with van der Waals surface area (Å²) in [4.78, 5) is 15.1. The number of amides is 1. The Morgan fingerprint density at radius 2 is 2.09 bits per heavy atom. The van der Waals surface area contributed by atoms with E-state index in [0.717, 1.165) is 18.1 Å². The molecule has 3 N–H and O–H groups in total. The van der Waals surface area contributed by atoms with E-state index in [1.165, 1.54) is 18.3 Å². The quantitative estimate of drug-likeness (QED) is 0.824. The number of benzene rings is 1. The van der Waals surface area contributed by atoms with Crippen LogP contribution in [0.5, 0.6) is 0 Å². The number of hydrogen-bond donors (Lipinski definition) is 2. The molecule has 1 amide bonds. The Balaban J connectivity index is 1.84. The predicted molar refractivity (Wildman–Crippen MR) is 83.7 cm³/mol. The highest BCUT2D eigenvalue weighted by Crippen LogP contribution is 2.11. The zero-order valence-electron chi connectivity index (χ0n) is 12.9. The van der Waals surface area contributed by atoms with E-state index >= 15 is 0 Å². The summed E-state index contributed by atoms with van der Waals surface area (Å²) in [6.07, 6.45) is 4.63. The summed E-state index contributed by atoms with van der Waals surface area (Å²) in [6.45, 7) is 2.31. The molecule has 1 unspecified atom stereocenters. The lowest BCUT2D eigenvalue weighted by molar-refractivity contribution is 0.1000. The molecule has 0 spiro atoms. The van der Waals surface area contributed by atoms with Gasteiger partial charge in [-0.25, -0.2) is 8.78 Å². The van der Waals surface area contributed by atoms with Gasteiger partial charge in [-0.3, -0.25) is 9.78 Å². The van der Waals surface area contributed by atoms with Crippen LogP contribution in [0.2, 0.25) is 0 Å². The number of aryl methyl sites for hydroxylation is 1. The van der Waals surface area contributed by atoms with Gasteiger partial charge in [0.2, 0.25) is 5.91 Å². The molecule has 2 rings (SSSR count). The Labute approximate surface area is 133 Å². The van der Waals surface area contributed by atoms with E-state index in [1.54, 1.807) is 12.3 Å². The van der Waals surface area contributed by atoms with E-state index in [2.05, 4.69) is 10.3 Å². The van der Waals surface area contributed by atoms with Crippen molar-refractivity contribution in [2.45, 2.75) is 32.4 Å². The molecule has 0 bridgehead atoms. The number of primary amides is 1. The molecule has 1 heterocycles. The fraction of sp³-hybridized carbons (Fsp3) is 0.294. The Kier molecular flexibility index (Phi) is 5.76. The van der Waals surface area contributed by atoms with E-state index in [0.29, 0.717) is 24.1 Å². The average Bonchev–Trinajstić information content (AvgIpc) is 2.52. The van der Waals surface area contributed by atoms with E-state index < -0.39 is 17.5 Å².